The van der Waals surface area contributed by atoms with Crippen molar-refractivity contribution in [3.05, 3.63) is 46.9 Å². The summed E-state index contributed by atoms with van der Waals surface area (Å²) in [6.45, 7) is 0. The average molecular weight is 263 g/mol. The Balaban J connectivity index is 2.35. The van der Waals surface area contributed by atoms with Crippen molar-refractivity contribution in [2.45, 2.75) is 0 Å². The summed E-state index contributed by atoms with van der Waals surface area (Å²) in [5, 5.41) is 11.7. The van der Waals surface area contributed by atoms with Gasteiger partial charge in [-0.15, -0.1) is 0 Å². The highest BCUT2D eigenvalue weighted by Gasteiger charge is 2.07. The van der Waals surface area contributed by atoms with Gasteiger partial charge in [-0.25, -0.2) is 9.37 Å². The summed E-state index contributed by atoms with van der Waals surface area (Å²) in [7, 11) is 0. The lowest BCUT2D eigenvalue weighted by molar-refractivity contribution is 0.629. The highest BCUT2D eigenvalue weighted by atomic mass is 35.5. The SMILES string of the molecule is N#Cc1ccnc(Nc2ccc(Cl)c(F)c2)c1N. The van der Waals surface area contributed by atoms with Crippen molar-refractivity contribution in [2.75, 3.05) is 11.1 Å². The van der Waals surface area contributed by atoms with Crippen LogP contribution in [-0.2, 0) is 0 Å². The normalized spacial score (nSPS) is 9.83. The van der Waals surface area contributed by atoms with Gasteiger partial charge in [0.2, 0.25) is 0 Å². The maximum Gasteiger partial charge on any atom is 0.154 e. The number of nitrogen functional groups attached to an aromatic ring is 1. The Morgan fingerprint density at radius 2 is 2.17 bits per heavy atom. The molecule has 0 spiro atoms. The van der Waals surface area contributed by atoms with Crippen LogP contribution < -0.4 is 11.1 Å². The number of hydrogen-bond acceptors (Lipinski definition) is 4. The third-order valence-electron chi connectivity index (χ3n) is 2.29. The number of nitrogens with two attached hydrogens (primary N) is 1. The van der Waals surface area contributed by atoms with Gasteiger partial charge >= 0.3 is 0 Å². The van der Waals surface area contributed by atoms with Crippen LogP contribution >= 0.6 is 11.6 Å². The molecule has 0 unspecified atom stereocenters. The zero-order valence-electron chi connectivity index (χ0n) is 9.11. The maximum atomic E-state index is 13.3. The topological polar surface area (TPSA) is 74.7 Å². The first-order valence-corrected chi connectivity index (χ1v) is 5.36. The van der Waals surface area contributed by atoms with Gasteiger partial charge in [-0.2, -0.15) is 5.26 Å². The summed E-state index contributed by atoms with van der Waals surface area (Å²) in [4.78, 5) is 3.99. The number of rotatable bonds is 2. The van der Waals surface area contributed by atoms with Gasteiger partial charge in [-0.1, -0.05) is 11.6 Å². The molecule has 2 aromatic rings. The van der Waals surface area contributed by atoms with Gasteiger partial charge in [0.15, 0.2) is 5.82 Å². The molecule has 0 saturated carbocycles. The molecule has 0 atom stereocenters. The summed E-state index contributed by atoms with van der Waals surface area (Å²) in [6, 6.07) is 7.68. The van der Waals surface area contributed by atoms with E-state index in [-0.39, 0.29) is 10.7 Å². The molecule has 0 fully saturated rings. The number of pyridine rings is 1. The Bertz CT molecular complexity index is 636. The second kappa shape index (κ2) is 4.90. The van der Waals surface area contributed by atoms with E-state index in [0.717, 1.165) is 0 Å². The minimum atomic E-state index is -0.545. The van der Waals surface area contributed by atoms with Crippen LogP contribution in [-0.4, -0.2) is 4.98 Å². The maximum absolute atomic E-state index is 13.3. The zero-order chi connectivity index (χ0) is 13.1. The van der Waals surface area contributed by atoms with Crippen LogP contribution in [0.3, 0.4) is 0 Å². The van der Waals surface area contributed by atoms with E-state index >= 15 is 0 Å². The third kappa shape index (κ3) is 2.34. The van der Waals surface area contributed by atoms with Crippen LogP contribution in [0.5, 0.6) is 0 Å². The third-order valence-corrected chi connectivity index (χ3v) is 2.60. The minimum absolute atomic E-state index is 0.0345. The van der Waals surface area contributed by atoms with Crippen molar-refractivity contribution < 1.29 is 4.39 Å². The second-order valence-corrected chi connectivity index (χ2v) is 3.89. The molecule has 0 aliphatic heterocycles. The number of anilines is 3. The molecule has 1 aromatic heterocycles. The highest BCUT2D eigenvalue weighted by Crippen LogP contribution is 2.25. The largest absolute Gasteiger partial charge is 0.395 e. The number of nitrogens with one attached hydrogen (secondary N) is 1. The smallest absolute Gasteiger partial charge is 0.154 e. The predicted octanol–water partition coefficient (Wildman–Crippen LogP) is 3.07. The van der Waals surface area contributed by atoms with Crippen molar-refractivity contribution in [3.8, 4) is 6.07 Å². The van der Waals surface area contributed by atoms with Crippen molar-refractivity contribution in [3.63, 3.8) is 0 Å². The van der Waals surface area contributed by atoms with Crippen LogP contribution in [0.1, 0.15) is 5.56 Å². The fraction of sp³-hybridized carbons (Fsp3) is 0. The number of halogens is 2. The summed E-state index contributed by atoms with van der Waals surface area (Å²) in [5.41, 5.74) is 6.72. The fourth-order valence-corrected chi connectivity index (χ4v) is 1.50. The number of aromatic nitrogens is 1. The first kappa shape index (κ1) is 12.1. The zero-order valence-corrected chi connectivity index (χ0v) is 9.87. The van der Waals surface area contributed by atoms with E-state index < -0.39 is 5.82 Å². The molecular formula is C12H8ClFN4. The molecule has 0 amide bonds. The van der Waals surface area contributed by atoms with Crippen molar-refractivity contribution >= 4 is 28.8 Å². The van der Waals surface area contributed by atoms with Gasteiger partial charge in [0.25, 0.3) is 0 Å². The number of benzene rings is 1. The van der Waals surface area contributed by atoms with E-state index in [0.29, 0.717) is 17.1 Å². The standard InChI is InChI=1S/C12H8ClFN4/c13-9-2-1-8(5-10(9)14)18-12-11(16)7(6-15)3-4-17-12/h1-5H,16H2,(H,17,18). The van der Waals surface area contributed by atoms with E-state index in [1.807, 2.05) is 6.07 Å². The quantitative estimate of drug-likeness (QED) is 0.872. The number of nitriles is 1. The van der Waals surface area contributed by atoms with E-state index in [9.17, 15) is 4.39 Å². The first-order chi connectivity index (χ1) is 8.61. The van der Waals surface area contributed by atoms with Crippen LogP contribution in [0.25, 0.3) is 0 Å². The van der Waals surface area contributed by atoms with Crippen LogP contribution in [0.2, 0.25) is 5.02 Å². The van der Waals surface area contributed by atoms with Gasteiger partial charge in [0.1, 0.15) is 11.9 Å². The molecule has 0 aliphatic rings. The van der Waals surface area contributed by atoms with Crippen LogP contribution in [0.4, 0.5) is 21.6 Å². The van der Waals surface area contributed by atoms with E-state index in [2.05, 4.69) is 10.3 Å². The Hall–Kier alpha value is -2.32. The van der Waals surface area contributed by atoms with Gasteiger partial charge < -0.3 is 11.1 Å². The monoisotopic (exact) mass is 262 g/mol. The molecule has 1 aromatic carbocycles. The lowest BCUT2D eigenvalue weighted by atomic mass is 10.2. The van der Waals surface area contributed by atoms with Gasteiger partial charge in [-0.3, -0.25) is 0 Å². The van der Waals surface area contributed by atoms with Gasteiger partial charge in [0, 0.05) is 11.9 Å². The Morgan fingerprint density at radius 3 is 2.83 bits per heavy atom. The summed E-state index contributed by atoms with van der Waals surface area (Å²) in [5.74, 6) is -0.243. The number of nitrogens with zero attached hydrogens (tertiary/aromatic N) is 2. The molecule has 0 aliphatic carbocycles. The molecule has 0 bridgehead atoms. The van der Waals surface area contributed by atoms with E-state index in [1.54, 1.807) is 6.07 Å². The second-order valence-electron chi connectivity index (χ2n) is 3.49. The molecule has 0 radical (unpaired) electrons. The van der Waals surface area contributed by atoms with Crippen molar-refractivity contribution in [2.24, 2.45) is 0 Å². The molecule has 18 heavy (non-hydrogen) atoms. The molecule has 0 saturated heterocycles. The van der Waals surface area contributed by atoms with E-state index in [4.69, 9.17) is 22.6 Å². The lowest BCUT2D eigenvalue weighted by Gasteiger charge is -2.09. The molecule has 2 rings (SSSR count). The molecule has 90 valence electrons. The molecule has 3 N–H and O–H groups in total. The highest BCUT2D eigenvalue weighted by molar-refractivity contribution is 6.30. The van der Waals surface area contributed by atoms with Gasteiger partial charge in [-0.05, 0) is 24.3 Å². The Kier molecular flexibility index (Phi) is 3.31. The molecule has 4 nitrogen and oxygen atoms in total. The predicted molar refractivity (Wildman–Crippen MR) is 68.1 cm³/mol. The van der Waals surface area contributed by atoms with Crippen molar-refractivity contribution in [1.82, 2.24) is 4.98 Å². The average Bonchev–Trinajstić information content (AvgIpc) is 2.36. The molecule has 6 heteroatoms. The fourth-order valence-electron chi connectivity index (χ4n) is 1.38. The van der Waals surface area contributed by atoms with Crippen molar-refractivity contribution in [1.29, 1.82) is 5.26 Å². The molecule has 1 heterocycles. The Labute approximate surface area is 108 Å². The van der Waals surface area contributed by atoms with Crippen LogP contribution in [0, 0.1) is 17.1 Å². The Morgan fingerprint density at radius 1 is 1.39 bits per heavy atom. The minimum Gasteiger partial charge on any atom is -0.395 e. The number of hydrogen-bond donors (Lipinski definition) is 2. The van der Waals surface area contributed by atoms with E-state index in [1.165, 1.54) is 24.4 Å². The first-order valence-electron chi connectivity index (χ1n) is 4.98. The summed E-state index contributed by atoms with van der Waals surface area (Å²) >= 11 is 5.58. The molecular weight excluding hydrogens is 255 g/mol. The van der Waals surface area contributed by atoms with Gasteiger partial charge in [0.05, 0.1) is 16.3 Å². The van der Waals surface area contributed by atoms with Crippen LogP contribution in [0.15, 0.2) is 30.5 Å². The summed E-state index contributed by atoms with van der Waals surface area (Å²) in [6.07, 6.45) is 1.45. The lowest BCUT2D eigenvalue weighted by Crippen LogP contribution is -2.01. The summed E-state index contributed by atoms with van der Waals surface area (Å²) < 4.78 is 13.3.